The highest BCUT2D eigenvalue weighted by Gasteiger charge is 2.06. The number of aliphatic carboxylic acids is 1. The molecular weight excluding hydrogens is 198 g/mol. The average molecular weight is 211 g/mol. The number of carbonyl (C=O) groups is 2. The number of carboxylic acid groups (broad SMARTS) is 2. The van der Waals surface area contributed by atoms with Gasteiger partial charge < -0.3 is 10.2 Å². The van der Waals surface area contributed by atoms with Gasteiger partial charge in [0.1, 0.15) is 0 Å². The maximum absolute atomic E-state index is 10.5. The summed E-state index contributed by atoms with van der Waals surface area (Å²) in [5.41, 5.74) is 1.13. The molecule has 0 atom stereocenters. The SMILES string of the molecule is CC(=O)O.CCc1ccncc1C(=O)O. The van der Waals surface area contributed by atoms with Crippen LogP contribution in [-0.4, -0.2) is 27.1 Å². The number of aromatic carboxylic acids is 1. The van der Waals surface area contributed by atoms with E-state index in [4.69, 9.17) is 15.0 Å². The Kier molecular flexibility index (Phi) is 5.70. The second-order valence-electron chi connectivity index (χ2n) is 2.71. The number of hydrogen-bond acceptors (Lipinski definition) is 3. The van der Waals surface area contributed by atoms with E-state index in [0.717, 1.165) is 18.9 Å². The highest BCUT2D eigenvalue weighted by atomic mass is 16.4. The van der Waals surface area contributed by atoms with Crippen molar-refractivity contribution in [3.63, 3.8) is 0 Å². The van der Waals surface area contributed by atoms with E-state index >= 15 is 0 Å². The second kappa shape index (κ2) is 6.53. The minimum Gasteiger partial charge on any atom is -0.481 e. The Balaban J connectivity index is 0.000000423. The van der Waals surface area contributed by atoms with Crippen molar-refractivity contribution in [2.75, 3.05) is 0 Å². The summed E-state index contributed by atoms with van der Waals surface area (Å²) >= 11 is 0. The van der Waals surface area contributed by atoms with Gasteiger partial charge in [0.05, 0.1) is 5.56 Å². The number of carboxylic acids is 2. The molecule has 0 amide bonds. The summed E-state index contributed by atoms with van der Waals surface area (Å²) in [5.74, 6) is -1.74. The lowest BCUT2D eigenvalue weighted by Crippen LogP contribution is -2.01. The van der Waals surface area contributed by atoms with Crippen molar-refractivity contribution in [2.24, 2.45) is 0 Å². The molecule has 0 aliphatic heterocycles. The maximum atomic E-state index is 10.5. The van der Waals surface area contributed by atoms with Crippen molar-refractivity contribution in [3.05, 3.63) is 29.6 Å². The topological polar surface area (TPSA) is 87.5 Å². The van der Waals surface area contributed by atoms with Gasteiger partial charge in [0.2, 0.25) is 0 Å². The number of aryl methyl sites for hydroxylation is 1. The standard InChI is InChI=1S/C8H9NO2.C2H4O2/c1-2-6-3-4-9-5-7(6)8(10)11;1-2(3)4/h3-5H,2H2,1H3,(H,10,11);1H3,(H,3,4). The van der Waals surface area contributed by atoms with Crippen LogP contribution in [0.1, 0.15) is 29.8 Å². The van der Waals surface area contributed by atoms with E-state index in [2.05, 4.69) is 4.98 Å². The van der Waals surface area contributed by atoms with Crippen molar-refractivity contribution < 1.29 is 19.8 Å². The van der Waals surface area contributed by atoms with Gasteiger partial charge in [-0.15, -0.1) is 0 Å². The molecule has 0 radical (unpaired) electrons. The molecule has 0 fully saturated rings. The fraction of sp³-hybridized carbons (Fsp3) is 0.300. The molecule has 0 aromatic carbocycles. The normalized spacial score (nSPS) is 8.67. The van der Waals surface area contributed by atoms with E-state index in [1.807, 2.05) is 6.92 Å². The van der Waals surface area contributed by atoms with Gasteiger partial charge in [-0.05, 0) is 18.1 Å². The lowest BCUT2D eigenvalue weighted by molar-refractivity contribution is -0.134. The zero-order valence-electron chi connectivity index (χ0n) is 8.60. The van der Waals surface area contributed by atoms with Crippen LogP contribution in [0.15, 0.2) is 18.5 Å². The molecule has 1 rings (SSSR count). The van der Waals surface area contributed by atoms with Crippen LogP contribution in [0.5, 0.6) is 0 Å². The first-order valence-electron chi connectivity index (χ1n) is 4.34. The van der Waals surface area contributed by atoms with Gasteiger partial charge in [0.25, 0.3) is 5.97 Å². The van der Waals surface area contributed by atoms with Crippen LogP contribution in [0.2, 0.25) is 0 Å². The van der Waals surface area contributed by atoms with Crippen LogP contribution in [0.25, 0.3) is 0 Å². The summed E-state index contributed by atoms with van der Waals surface area (Å²) in [6.45, 7) is 3.00. The fourth-order valence-electron chi connectivity index (χ4n) is 0.924. The first kappa shape index (κ1) is 13.1. The van der Waals surface area contributed by atoms with E-state index in [1.54, 1.807) is 12.3 Å². The molecule has 0 saturated carbocycles. The highest BCUT2D eigenvalue weighted by molar-refractivity contribution is 5.88. The molecule has 0 unspecified atom stereocenters. The molecule has 5 heteroatoms. The van der Waals surface area contributed by atoms with Crippen molar-refractivity contribution in [1.82, 2.24) is 4.98 Å². The van der Waals surface area contributed by atoms with Crippen molar-refractivity contribution in [3.8, 4) is 0 Å². The van der Waals surface area contributed by atoms with E-state index in [0.29, 0.717) is 5.56 Å². The molecule has 0 bridgehead atoms. The summed E-state index contributed by atoms with van der Waals surface area (Å²) in [6.07, 6.45) is 3.70. The number of nitrogens with zero attached hydrogens (tertiary/aromatic N) is 1. The number of rotatable bonds is 2. The maximum Gasteiger partial charge on any atom is 0.337 e. The van der Waals surface area contributed by atoms with Gasteiger partial charge in [-0.3, -0.25) is 9.78 Å². The molecule has 1 heterocycles. The minimum absolute atomic E-state index is 0.301. The van der Waals surface area contributed by atoms with Gasteiger partial charge in [-0.1, -0.05) is 6.92 Å². The van der Waals surface area contributed by atoms with Gasteiger partial charge >= 0.3 is 5.97 Å². The Hall–Kier alpha value is -1.91. The van der Waals surface area contributed by atoms with Crippen LogP contribution in [0.4, 0.5) is 0 Å². The summed E-state index contributed by atoms with van der Waals surface area (Å²) in [7, 11) is 0. The Morgan fingerprint density at radius 2 is 1.93 bits per heavy atom. The smallest absolute Gasteiger partial charge is 0.337 e. The van der Waals surface area contributed by atoms with E-state index in [-0.39, 0.29) is 0 Å². The third-order valence-electron chi connectivity index (χ3n) is 1.52. The lowest BCUT2D eigenvalue weighted by atomic mass is 10.1. The molecular formula is C10H13NO4. The van der Waals surface area contributed by atoms with Crippen molar-refractivity contribution in [1.29, 1.82) is 0 Å². The molecule has 0 aliphatic rings. The van der Waals surface area contributed by atoms with Crippen molar-refractivity contribution >= 4 is 11.9 Å². The summed E-state index contributed by atoms with van der Waals surface area (Å²) in [4.78, 5) is 23.3. The first-order chi connectivity index (χ1) is 6.99. The first-order valence-corrected chi connectivity index (χ1v) is 4.34. The minimum atomic E-state index is -0.907. The van der Waals surface area contributed by atoms with Crippen molar-refractivity contribution in [2.45, 2.75) is 20.3 Å². The predicted octanol–water partition coefficient (Wildman–Crippen LogP) is 1.43. The highest BCUT2D eigenvalue weighted by Crippen LogP contribution is 2.06. The number of hydrogen-bond donors (Lipinski definition) is 2. The summed E-state index contributed by atoms with van der Waals surface area (Å²) in [5, 5.41) is 16.1. The molecule has 2 N–H and O–H groups in total. The average Bonchev–Trinajstić information content (AvgIpc) is 2.16. The Bertz CT molecular complexity index is 345. The van der Waals surface area contributed by atoms with Gasteiger partial charge in [-0.25, -0.2) is 4.79 Å². The molecule has 0 spiro atoms. The number of pyridine rings is 1. The molecule has 0 aliphatic carbocycles. The zero-order valence-corrected chi connectivity index (χ0v) is 8.60. The molecule has 1 aromatic heterocycles. The molecule has 5 nitrogen and oxygen atoms in total. The summed E-state index contributed by atoms with van der Waals surface area (Å²) in [6, 6.07) is 1.73. The molecule has 1 aromatic rings. The fourth-order valence-corrected chi connectivity index (χ4v) is 0.924. The van der Waals surface area contributed by atoms with E-state index in [1.165, 1.54) is 6.20 Å². The van der Waals surface area contributed by atoms with E-state index in [9.17, 15) is 4.79 Å². The monoisotopic (exact) mass is 211 g/mol. The van der Waals surface area contributed by atoms with Gasteiger partial charge in [-0.2, -0.15) is 0 Å². The zero-order chi connectivity index (χ0) is 11.8. The van der Waals surface area contributed by atoms with Crippen LogP contribution in [0, 0.1) is 0 Å². The predicted molar refractivity (Wildman–Crippen MR) is 53.9 cm³/mol. The Morgan fingerprint density at radius 1 is 1.40 bits per heavy atom. The third kappa shape index (κ3) is 5.41. The van der Waals surface area contributed by atoms with Crippen LogP contribution in [0.3, 0.4) is 0 Å². The molecule has 0 saturated heterocycles. The van der Waals surface area contributed by atoms with Crippen LogP contribution < -0.4 is 0 Å². The molecule has 82 valence electrons. The van der Waals surface area contributed by atoms with E-state index < -0.39 is 11.9 Å². The molecule has 15 heavy (non-hydrogen) atoms. The number of aromatic nitrogens is 1. The Labute approximate surface area is 87.4 Å². The van der Waals surface area contributed by atoms with Crippen LogP contribution >= 0.6 is 0 Å². The quantitative estimate of drug-likeness (QED) is 0.772. The third-order valence-corrected chi connectivity index (χ3v) is 1.52. The van der Waals surface area contributed by atoms with Crippen LogP contribution in [-0.2, 0) is 11.2 Å². The lowest BCUT2D eigenvalue weighted by Gasteiger charge is -1.99. The summed E-state index contributed by atoms with van der Waals surface area (Å²) < 4.78 is 0. The van der Waals surface area contributed by atoms with Gasteiger partial charge in [0, 0.05) is 19.3 Å². The second-order valence-corrected chi connectivity index (χ2v) is 2.71. The van der Waals surface area contributed by atoms with Gasteiger partial charge in [0.15, 0.2) is 0 Å². The Morgan fingerprint density at radius 3 is 2.27 bits per heavy atom. The largest absolute Gasteiger partial charge is 0.481 e.